The largest absolute Gasteiger partial charge is 0.386 e. The summed E-state index contributed by atoms with van der Waals surface area (Å²) in [5.41, 5.74) is 2.75. The highest BCUT2D eigenvalue weighted by molar-refractivity contribution is 5.85. The van der Waals surface area contributed by atoms with E-state index in [1.54, 1.807) is 0 Å². The van der Waals surface area contributed by atoms with Crippen molar-refractivity contribution in [2.75, 3.05) is 26.4 Å². The molecule has 1 aromatic heterocycles. The fraction of sp³-hybridized carbons (Fsp3) is 0.458. The molecule has 148 valence electrons. The molecule has 0 amide bonds. The maximum Gasteiger partial charge on any atom is 0.247 e. The molecule has 0 spiro atoms. The molecule has 4 heteroatoms. The van der Waals surface area contributed by atoms with E-state index < -0.39 is 0 Å². The summed E-state index contributed by atoms with van der Waals surface area (Å²) in [5.74, 6) is 9.95. The molecule has 0 aliphatic carbocycles. The lowest BCUT2D eigenvalue weighted by atomic mass is 10.0. The van der Waals surface area contributed by atoms with E-state index >= 15 is 0 Å². The molecule has 0 aliphatic heterocycles. The van der Waals surface area contributed by atoms with Crippen LogP contribution >= 0.6 is 0 Å². The van der Waals surface area contributed by atoms with Gasteiger partial charge in [0.2, 0.25) is 5.88 Å². The van der Waals surface area contributed by atoms with Gasteiger partial charge in [0.05, 0.1) is 11.1 Å². The summed E-state index contributed by atoms with van der Waals surface area (Å²) in [6, 6.07) is 8.01. The van der Waals surface area contributed by atoms with Gasteiger partial charge in [0.1, 0.15) is 6.11 Å². The van der Waals surface area contributed by atoms with Crippen molar-refractivity contribution in [1.82, 2.24) is 4.98 Å². The first-order valence-corrected chi connectivity index (χ1v) is 9.96. The minimum Gasteiger partial charge on any atom is -0.386 e. The molecular formula is C24H29NO3. The molecule has 0 bridgehead atoms. The lowest BCUT2D eigenvalue weighted by molar-refractivity contribution is 0.146. The Balaban J connectivity index is 2.15. The molecule has 0 saturated heterocycles. The van der Waals surface area contributed by atoms with Gasteiger partial charge in [0.25, 0.3) is 0 Å². The van der Waals surface area contributed by atoms with Crippen molar-refractivity contribution in [3.63, 3.8) is 0 Å². The summed E-state index contributed by atoms with van der Waals surface area (Å²) < 4.78 is 16.4. The second-order valence-electron chi connectivity index (χ2n) is 6.22. The van der Waals surface area contributed by atoms with Gasteiger partial charge in [-0.1, -0.05) is 36.0 Å². The number of para-hydroxylation sites is 1. The number of aryl methyl sites for hydroxylation is 1. The van der Waals surface area contributed by atoms with Gasteiger partial charge in [-0.3, -0.25) is 0 Å². The molecule has 28 heavy (non-hydrogen) atoms. The second kappa shape index (κ2) is 12.8. The summed E-state index contributed by atoms with van der Waals surface area (Å²) in [7, 11) is 0. The van der Waals surface area contributed by atoms with Gasteiger partial charge in [-0.15, -0.1) is 0 Å². The van der Waals surface area contributed by atoms with Crippen molar-refractivity contribution in [3.8, 4) is 29.7 Å². The highest BCUT2D eigenvalue weighted by Gasteiger charge is 2.11. The summed E-state index contributed by atoms with van der Waals surface area (Å²) in [5, 5.41) is 1.08. The molecule has 0 atom stereocenters. The number of ether oxygens (including phenoxy) is 3. The Morgan fingerprint density at radius 1 is 0.929 bits per heavy atom. The maximum atomic E-state index is 5.69. The van der Waals surface area contributed by atoms with Gasteiger partial charge in [-0.05, 0) is 45.2 Å². The average molecular weight is 380 g/mol. The van der Waals surface area contributed by atoms with Crippen molar-refractivity contribution in [2.45, 2.75) is 46.5 Å². The van der Waals surface area contributed by atoms with Crippen LogP contribution in [0.25, 0.3) is 10.9 Å². The molecule has 0 aliphatic rings. The van der Waals surface area contributed by atoms with E-state index in [2.05, 4.69) is 41.8 Å². The Hall–Kier alpha value is -2.53. The lowest BCUT2D eigenvalue weighted by Gasteiger charge is -2.08. The third-order valence-electron chi connectivity index (χ3n) is 4.14. The van der Waals surface area contributed by atoms with E-state index in [1.807, 2.05) is 32.0 Å². The first-order valence-electron chi connectivity index (χ1n) is 9.96. The monoisotopic (exact) mass is 379 g/mol. The van der Waals surface area contributed by atoms with E-state index in [4.69, 9.17) is 14.2 Å². The molecule has 2 aromatic rings. The first kappa shape index (κ1) is 21.8. The van der Waals surface area contributed by atoms with E-state index in [0.717, 1.165) is 74.1 Å². The van der Waals surface area contributed by atoms with Crippen LogP contribution in [0.15, 0.2) is 24.3 Å². The summed E-state index contributed by atoms with van der Waals surface area (Å²) in [4.78, 5) is 4.63. The predicted octanol–water partition coefficient (Wildman–Crippen LogP) is 4.87. The van der Waals surface area contributed by atoms with E-state index in [9.17, 15) is 0 Å². The number of rotatable bonds is 9. The molecule has 1 aromatic carbocycles. The zero-order chi connectivity index (χ0) is 20.0. The standard InChI is InChI=1S/C24H29NO3/c1-4-26-17-11-6-8-15-22-20(3)21-14-9-10-16-23(21)25-24(22)28-19-13-7-12-18-27-5-2/h9-10,14,16H,4-7,11-12,17-18H2,1-3H3. The summed E-state index contributed by atoms with van der Waals surface area (Å²) >= 11 is 0. The van der Waals surface area contributed by atoms with Crippen LogP contribution in [-0.2, 0) is 9.47 Å². The Morgan fingerprint density at radius 2 is 1.61 bits per heavy atom. The zero-order valence-corrected chi connectivity index (χ0v) is 17.1. The SMILES string of the molecule is CCOCCCC#COc1nc2ccccc2c(C)c1C#CCCCOCC. The van der Waals surface area contributed by atoms with Crippen molar-refractivity contribution in [2.24, 2.45) is 0 Å². The highest BCUT2D eigenvalue weighted by atomic mass is 16.5. The molecular weight excluding hydrogens is 350 g/mol. The average Bonchev–Trinajstić information content (AvgIpc) is 2.71. The van der Waals surface area contributed by atoms with Gasteiger partial charge >= 0.3 is 0 Å². The number of hydrogen-bond acceptors (Lipinski definition) is 4. The van der Waals surface area contributed by atoms with Gasteiger partial charge in [0, 0.05) is 44.7 Å². The smallest absolute Gasteiger partial charge is 0.247 e. The first-order chi connectivity index (χ1) is 13.8. The van der Waals surface area contributed by atoms with Crippen molar-refractivity contribution < 1.29 is 14.2 Å². The number of unbranched alkanes of at least 4 members (excludes halogenated alkanes) is 2. The fourth-order valence-electron chi connectivity index (χ4n) is 2.67. The van der Waals surface area contributed by atoms with Crippen LogP contribution in [0.3, 0.4) is 0 Å². The van der Waals surface area contributed by atoms with Crippen molar-refractivity contribution >= 4 is 10.9 Å². The molecule has 0 fully saturated rings. The number of fused-ring (bicyclic) bond motifs is 1. The van der Waals surface area contributed by atoms with Crippen LogP contribution in [0.4, 0.5) is 0 Å². The molecule has 1 heterocycles. The van der Waals surface area contributed by atoms with Gasteiger partial charge < -0.3 is 14.2 Å². The third kappa shape index (κ3) is 6.89. The second-order valence-corrected chi connectivity index (χ2v) is 6.22. The number of nitrogens with zero attached hydrogens (tertiary/aromatic N) is 1. The van der Waals surface area contributed by atoms with Crippen molar-refractivity contribution in [1.29, 1.82) is 0 Å². The van der Waals surface area contributed by atoms with Crippen molar-refractivity contribution in [3.05, 3.63) is 35.4 Å². The molecule has 0 N–H and O–H groups in total. The van der Waals surface area contributed by atoms with Crippen LogP contribution in [0.2, 0.25) is 0 Å². The zero-order valence-electron chi connectivity index (χ0n) is 17.1. The fourth-order valence-corrected chi connectivity index (χ4v) is 2.67. The Morgan fingerprint density at radius 3 is 2.32 bits per heavy atom. The molecule has 0 saturated carbocycles. The predicted molar refractivity (Wildman–Crippen MR) is 113 cm³/mol. The van der Waals surface area contributed by atoms with Crippen LogP contribution in [0.5, 0.6) is 5.88 Å². The van der Waals surface area contributed by atoms with Gasteiger partial charge in [0.15, 0.2) is 0 Å². The number of pyridine rings is 1. The lowest BCUT2D eigenvalue weighted by Crippen LogP contribution is -1.97. The molecule has 2 rings (SSSR count). The molecule has 0 unspecified atom stereocenters. The minimum atomic E-state index is 0.478. The number of hydrogen-bond donors (Lipinski definition) is 0. The molecule has 0 radical (unpaired) electrons. The number of benzene rings is 1. The van der Waals surface area contributed by atoms with E-state index in [-0.39, 0.29) is 0 Å². The van der Waals surface area contributed by atoms with Gasteiger partial charge in [-0.2, -0.15) is 0 Å². The Bertz CT molecular complexity index is 868. The summed E-state index contributed by atoms with van der Waals surface area (Å²) in [6.45, 7) is 8.96. The van der Waals surface area contributed by atoms with E-state index in [1.165, 1.54) is 0 Å². The normalized spacial score (nSPS) is 10.1. The topological polar surface area (TPSA) is 40.6 Å². The van der Waals surface area contributed by atoms with E-state index in [0.29, 0.717) is 5.88 Å². The highest BCUT2D eigenvalue weighted by Crippen LogP contribution is 2.26. The third-order valence-corrected chi connectivity index (χ3v) is 4.14. The van der Waals surface area contributed by atoms with Crippen LogP contribution in [-0.4, -0.2) is 31.4 Å². The maximum absolute atomic E-state index is 5.69. The minimum absolute atomic E-state index is 0.478. The van der Waals surface area contributed by atoms with Crippen LogP contribution in [0.1, 0.15) is 50.7 Å². The van der Waals surface area contributed by atoms with Crippen LogP contribution in [0, 0.1) is 30.8 Å². The quantitative estimate of drug-likeness (QED) is 0.460. The number of aromatic nitrogens is 1. The van der Waals surface area contributed by atoms with Gasteiger partial charge in [-0.25, -0.2) is 4.98 Å². The summed E-state index contributed by atoms with van der Waals surface area (Å²) in [6.07, 6.45) is 6.08. The van der Waals surface area contributed by atoms with Crippen LogP contribution < -0.4 is 4.74 Å². The Labute approximate surface area is 168 Å². The molecule has 4 nitrogen and oxygen atoms in total. The Kier molecular flexibility index (Phi) is 9.94.